The highest BCUT2D eigenvalue weighted by molar-refractivity contribution is 6.74. The average Bonchev–Trinajstić information content (AvgIpc) is 2.91. The molecule has 3 nitrogen and oxygen atoms in total. The molecule has 0 saturated heterocycles. The number of hydrogen-bond acceptors (Lipinski definition) is 3. The van der Waals surface area contributed by atoms with Gasteiger partial charge in [-0.15, -0.1) is 0 Å². The van der Waals surface area contributed by atoms with Crippen molar-refractivity contribution in [2.75, 3.05) is 6.61 Å². The monoisotopic (exact) mass is 338 g/mol. The summed E-state index contributed by atoms with van der Waals surface area (Å²) in [6.45, 7) is 11.9. The molecule has 0 spiro atoms. The summed E-state index contributed by atoms with van der Waals surface area (Å²) in [6, 6.07) is 0. The zero-order chi connectivity index (χ0) is 17.1. The molecule has 0 bridgehead atoms. The zero-order valence-corrected chi connectivity index (χ0v) is 16.6. The van der Waals surface area contributed by atoms with Crippen LogP contribution in [0.3, 0.4) is 0 Å². The van der Waals surface area contributed by atoms with Crippen molar-refractivity contribution >= 4 is 14.3 Å². The molecule has 0 amide bonds. The summed E-state index contributed by atoms with van der Waals surface area (Å²) >= 11 is 0. The number of carbonyl (C=O) groups excluding carboxylic acids is 1. The molecule has 0 aliphatic heterocycles. The molecule has 1 atom stereocenters. The highest BCUT2D eigenvalue weighted by Gasteiger charge is 2.39. The van der Waals surface area contributed by atoms with Crippen molar-refractivity contribution in [2.24, 2.45) is 5.92 Å². The van der Waals surface area contributed by atoms with E-state index in [0.29, 0.717) is 6.61 Å². The van der Waals surface area contributed by atoms with Gasteiger partial charge in [-0.25, -0.2) is 0 Å². The van der Waals surface area contributed by atoms with Crippen LogP contribution < -0.4 is 0 Å². The van der Waals surface area contributed by atoms with Crippen molar-refractivity contribution in [3.8, 4) is 0 Å². The number of rotatable bonds is 5. The Bertz CT molecular complexity index is 442. The lowest BCUT2D eigenvalue weighted by Gasteiger charge is -2.38. The molecule has 0 heterocycles. The van der Waals surface area contributed by atoms with Gasteiger partial charge >= 0.3 is 5.97 Å². The fourth-order valence-corrected chi connectivity index (χ4v) is 4.44. The van der Waals surface area contributed by atoms with Crippen molar-refractivity contribution in [3.05, 3.63) is 11.6 Å². The fourth-order valence-electron chi connectivity index (χ4n) is 3.15. The van der Waals surface area contributed by atoms with Gasteiger partial charge in [0.25, 0.3) is 0 Å². The third-order valence-corrected chi connectivity index (χ3v) is 10.3. The zero-order valence-electron chi connectivity index (χ0n) is 15.6. The van der Waals surface area contributed by atoms with Gasteiger partial charge in [-0.3, -0.25) is 4.79 Å². The first-order chi connectivity index (χ1) is 10.7. The van der Waals surface area contributed by atoms with Gasteiger partial charge in [-0.2, -0.15) is 0 Å². The second-order valence-corrected chi connectivity index (χ2v) is 13.5. The van der Waals surface area contributed by atoms with Crippen LogP contribution in [0.1, 0.15) is 65.7 Å². The van der Waals surface area contributed by atoms with Gasteiger partial charge in [0.1, 0.15) is 6.61 Å². The van der Waals surface area contributed by atoms with E-state index in [-0.39, 0.29) is 23.0 Å². The number of hydrogen-bond donors (Lipinski definition) is 0. The number of ether oxygens (including phenoxy) is 1. The first-order valence-corrected chi connectivity index (χ1v) is 12.1. The Morgan fingerprint density at radius 2 is 1.83 bits per heavy atom. The van der Waals surface area contributed by atoms with Crippen LogP contribution in [0.25, 0.3) is 0 Å². The molecular weight excluding hydrogens is 304 g/mol. The molecule has 0 aromatic rings. The maximum Gasteiger partial charge on any atom is 0.309 e. The van der Waals surface area contributed by atoms with Crippen molar-refractivity contribution in [1.29, 1.82) is 0 Å². The van der Waals surface area contributed by atoms with Gasteiger partial charge in [0, 0.05) is 0 Å². The summed E-state index contributed by atoms with van der Waals surface area (Å²) < 4.78 is 12.0. The van der Waals surface area contributed by atoms with Crippen LogP contribution in [0, 0.1) is 5.92 Å². The van der Waals surface area contributed by atoms with Crippen LogP contribution >= 0.6 is 0 Å². The molecule has 132 valence electrons. The number of carbonyl (C=O) groups is 1. The molecule has 0 N–H and O–H groups in total. The van der Waals surface area contributed by atoms with E-state index in [4.69, 9.17) is 9.16 Å². The Kier molecular flexibility index (Phi) is 6.12. The van der Waals surface area contributed by atoms with Gasteiger partial charge < -0.3 is 9.16 Å². The summed E-state index contributed by atoms with van der Waals surface area (Å²) in [6.07, 6.45) is 10.1. The van der Waals surface area contributed by atoms with Crippen LogP contribution in [0.5, 0.6) is 0 Å². The molecule has 2 aliphatic carbocycles. The van der Waals surface area contributed by atoms with E-state index in [1.807, 2.05) is 0 Å². The minimum atomic E-state index is -1.72. The maximum atomic E-state index is 12.1. The van der Waals surface area contributed by atoms with E-state index < -0.39 is 8.32 Å². The maximum absolute atomic E-state index is 12.1. The van der Waals surface area contributed by atoms with Crippen molar-refractivity contribution in [1.82, 2.24) is 0 Å². The standard InChI is InChI=1S/C19H34O3Si/c1-19(2,3)23(4,5)22-17-12-11-15(13-17)14-21-18(20)16-9-7-6-8-10-16/h13,16-17H,6-12,14H2,1-5H3. The third kappa shape index (κ3) is 5.18. The molecule has 2 rings (SSSR count). The molecule has 1 unspecified atom stereocenters. The lowest BCUT2D eigenvalue weighted by atomic mass is 9.89. The topological polar surface area (TPSA) is 35.5 Å². The lowest BCUT2D eigenvalue weighted by molar-refractivity contribution is -0.148. The molecule has 1 saturated carbocycles. The molecule has 2 aliphatic rings. The second kappa shape index (κ2) is 7.52. The first-order valence-electron chi connectivity index (χ1n) is 9.23. The Hall–Kier alpha value is -0.613. The summed E-state index contributed by atoms with van der Waals surface area (Å²) in [5.74, 6) is 0.157. The summed E-state index contributed by atoms with van der Waals surface area (Å²) in [5.41, 5.74) is 1.23. The van der Waals surface area contributed by atoms with Crippen LogP contribution in [-0.2, 0) is 14.0 Å². The molecule has 0 aromatic heterocycles. The van der Waals surface area contributed by atoms with E-state index in [9.17, 15) is 4.79 Å². The predicted octanol–water partition coefficient (Wildman–Crippen LogP) is 5.22. The highest BCUT2D eigenvalue weighted by atomic mass is 28.4. The van der Waals surface area contributed by atoms with Gasteiger partial charge in [-0.1, -0.05) is 46.1 Å². The Labute approximate surface area is 142 Å². The van der Waals surface area contributed by atoms with E-state index in [2.05, 4.69) is 39.9 Å². The van der Waals surface area contributed by atoms with Crippen LogP contribution in [0.2, 0.25) is 18.1 Å². The average molecular weight is 339 g/mol. The van der Waals surface area contributed by atoms with Crippen LogP contribution in [0.4, 0.5) is 0 Å². The van der Waals surface area contributed by atoms with Crippen molar-refractivity contribution < 1.29 is 14.0 Å². The van der Waals surface area contributed by atoms with Crippen LogP contribution in [0.15, 0.2) is 11.6 Å². The van der Waals surface area contributed by atoms with Gasteiger partial charge in [0.05, 0.1) is 12.0 Å². The normalized spacial score (nSPS) is 23.7. The minimum Gasteiger partial charge on any atom is -0.461 e. The fraction of sp³-hybridized carbons (Fsp3) is 0.842. The SMILES string of the molecule is CC(C)(C)[Si](C)(C)OC1C=C(COC(=O)C2CCCCC2)CC1. The summed E-state index contributed by atoms with van der Waals surface area (Å²) in [5, 5.41) is 0.233. The molecule has 1 fully saturated rings. The lowest BCUT2D eigenvalue weighted by Crippen LogP contribution is -2.43. The van der Waals surface area contributed by atoms with Gasteiger partial charge in [0.15, 0.2) is 8.32 Å². The summed E-state index contributed by atoms with van der Waals surface area (Å²) in [7, 11) is -1.72. The number of esters is 1. The molecule has 0 aromatic carbocycles. The Morgan fingerprint density at radius 1 is 1.17 bits per heavy atom. The van der Waals surface area contributed by atoms with E-state index in [1.54, 1.807) is 0 Å². The van der Waals surface area contributed by atoms with Crippen molar-refractivity contribution in [3.63, 3.8) is 0 Å². The van der Waals surface area contributed by atoms with Gasteiger partial charge in [0.2, 0.25) is 0 Å². The van der Waals surface area contributed by atoms with E-state index in [1.165, 1.54) is 24.8 Å². The van der Waals surface area contributed by atoms with Crippen molar-refractivity contribution in [2.45, 2.75) is 90.0 Å². The molecule has 0 radical (unpaired) electrons. The highest BCUT2D eigenvalue weighted by Crippen LogP contribution is 2.39. The Morgan fingerprint density at radius 3 is 2.43 bits per heavy atom. The molecular formula is C19H34O3Si. The first kappa shape index (κ1) is 18.7. The van der Waals surface area contributed by atoms with E-state index in [0.717, 1.165) is 25.7 Å². The van der Waals surface area contributed by atoms with Crippen LogP contribution in [-0.4, -0.2) is 27.0 Å². The predicted molar refractivity (Wildman–Crippen MR) is 96.9 cm³/mol. The van der Waals surface area contributed by atoms with E-state index >= 15 is 0 Å². The smallest absolute Gasteiger partial charge is 0.309 e. The van der Waals surface area contributed by atoms with Gasteiger partial charge in [-0.05, 0) is 49.4 Å². The molecule has 4 heteroatoms. The second-order valence-electron chi connectivity index (χ2n) is 8.72. The minimum absolute atomic E-state index is 0.0133. The summed E-state index contributed by atoms with van der Waals surface area (Å²) in [4.78, 5) is 12.1. The third-order valence-electron chi connectivity index (χ3n) is 5.76. The Balaban J connectivity index is 1.80. The largest absolute Gasteiger partial charge is 0.461 e. The quantitative estimate of drug-likeness (QED) is 0.391. The molecule has 23 heavy (non-hydrogen) atoms.